The average Bonchev–Trinajstić information content (AvgIpc) is 2.39. The number of aryl methyl sites for hydroxylation is 2. The third kappa shape index (κ3) is 3.24. The van der Waals surface area contributed by atoms with Crippen LogP contribution in [0.3, 0.4) is 0 Å². The van der Waals surface area contributed by atoms with Crippen LogP contribution in [0.2, 0.25) is 0 Å². The first-order valence-corrected chi connectivity index (χ1v) is 10.2. The fraction of sp³-hybridized carbons (Fsp3) is 0.750. The molecule has 0 bridgehead atoms. The molecule has 3 saturated heterocycles. The van der Waals surface area contributed by atoms with Crippen molar-refractivity contribution in [2.24, 2.45) is 11.3 Å². The van der Waals surface area contributed by atoms with Crippen LogP contribution in [0.1, 0.15) is 17.2 Å². The van der Waals surface area contributed by atoms with Crippen LogP contribution in [-0.2, 0) is 20.9 Å². The Balaban J connectivity index is 1.44. The third-order valence-electron chi connectivity index (χ3n) is 5.42. The number of alkyl halides is 3. The van der Waals surface area contributed by atoms with Crippen LogP contribution in [0.4, 0.5) is 13.2 Å². The lowest BCUT2D eigenvalue weighted by atomic mass is 9.74. The van der Waals surface area contributed by atoms with Crippen molar-refractivity contribution in [2.45, 2.75) is 24.9 Å². The minimum absolute atomic E-state index is 0.0355. The lowest BCUT2D eigenvalue weighted by Gasteiger charge is -2.60. The summed E-state index contributed by atoms with van der Waals surface area (Å²) in [5.74, 6) is -0.747. The molecule has 3 aliphatic rings. The Morgan fingerprint density at radius 3 is 2.11 bits per heavy atom. The molecule has 0 aromatic carbocycles. The lowest BCUT2D eigenvalue weighted by Crippen LogP contribution is -2.73. The highest BCUT2D eigenvalue weighted by Crippen LogP contribution is 2.43. The molecule has 150 valence electrons. The Morgan fingerprint density at radius 1 is 1.11 bits per heavy atom. The second kappa shape index (κ2) is 6.10. The van der Waals surface area contributed by atoms with E-state index in [1.165, 1.54) is 18.2 Å². The molecule has 0 aliphatic carbocycles. The fourth-order valence-electron chi connectivity index (χ4n) is 4.19. The van der Waals surface area contributed by atoms with Gasteiger partial charge < -0.3 is 9.64 Å². The number of likely N-dealkylation sites (tertiary alicyclic amines) is 1. The van der Waals surface area contributed by atoms with Crippen LogP contribution in [0.5, 0.6) is 0 Å². The van der Waals surface area contributed by atoms with Gasteiger partial charge in [0.25, 0.3) is 0 Å². The molecule has 3 fully saturated rings. The Morgan fingerprint density at radius 2 is 1.67 bits per heavy atom. The van der Waals surface area contributed by atoms with E-state index in [-0.39, 0.29) is 21.7 Å². The highest BCUT2D eigenvalue weighted by Gasteiger charge is 2.56. The second-order valence-corrected chi connectivity index (χ2v) is 9.77. The number of hydrogen-bond donors (Lipinski definition) is 0. The average molecular weight is 406 g/mol. The number of halogens is 3. The summed E-state index contributed by atoms with van der Waals surface area (Å²) in [4.78, 5) is 8.85. The summed E-state index contributed by atoms with van der Waals surface area (Å²) in [6.45, 7) is 7.55. The van der Waals surface area contributed by atoms with Gasteiger partial charge in [-0.25, -0.2) is 18.4 Å². The number of rotatable bonds is 4. The maximum atomic E-state index is 12.9. The summed E-state index contributed by atoms with van der Waals surface area (Å²) < 4.78 is 70.8. The van der Waals surface area contributed by atoms with Crippen LogP contribution >= 0.6 is 0 Å². The SMILES string of the molecule is Cc1nc(C(F)(F)F)nc(C)c1S(=O)(=O)N1CC2(CN(CC3COC3)C2)C1. The number of aromatic nitrogens is 2. The first-order chi connectivity index (χ1) is 12.5. The maximum absolute atomic E-state index is 12.9. The highest BCUT2D eigenvalue weighted by atomic mass is 32.2. The number of sulfonamides is 1. The third-order valence-corrected chi connectivity index (χ3v) is 7.47. The Kier molecular flexibility index (Phi) is 4.30. The van der Waals surface area contributed by atoms with E-state index in [0.717, 1.165) is 32.8 Å². The van der Waals surface area contributed by atoms with E-state index < -0.39 is 22.0 Å². The number of hydrogen-bond acceptors (Lipinski definition) is 6. The molecule has 1 aromatic rings. The Labute approximate surface area is 155 Å². The molecule has 7 nitrogen and oxygen atoms in total. The number of ether oxygens (including phenoxy) is 1. The van der Waals surface area contributed by atoms with Gasteiger partial charge in [-0.15, -0.1) is 0 Å². The Hall–Kier alpha value is -1.30. The van der Waals surface area contributed by atoms with Gasteiger partial charge in [0.15, 0.2) is 0 Å². The molecule has 0 saturated carbocycles. The van der Waals surface area contributed by atoms with Crippen molar-refractivity contribution in [2.75, 3.05) is 45.9 Å². The summed E-state index contributed by atoms with van der Waals surface area (Å²) in [5, 5.41) is 0. The van der Waals surface area contributed by atoms with Gasteiger partial charge in [0.05, 0.1) is 24.6 Å². The molecule has 11 heteroatoms. The van der Waals surface area contributed by atoms with Gasteiger partial charge in [-0.05, 0) is 13.8 Å². The van der Waals surface area contributed by atoms with Crippen molar-refractivity contribution in [1.82, 2.24) is 19.2 Å². The molecular weight excluding hydrogens is 385 g/mol. The summed E-state index contributed by atoms with van der Waals surface area (Å²) in [6.07, 6.45) is -4.71. The van der Waals surface area contributed by atoms with Crippen LogP contribution in [0.25, 0.3) is 0 Å². The lowest BCUT2D eigenvalue weighted by molar-refractivity contribution is -0.145. The van der Waals surface area contributed by atoms with Gasteiger partial charge in [-0.2, -0.15) is 17.5 Å². The van der Waals surface area contributed by atoms with E-state index in [1.54, 1.807) is 0 Å². The van der Waals surface area contributed by atoms with E-state index in [2.05, 4.69) is 14.9 Å². The zero-order chi connectivity index (χ0) is 19.6. The normalized spacial score (nSPS) is 23.7. The first kappa shape index (κ1) is 19.0. The van der Waals surface area contributed by atoms with Crippen molar-refractivity contribution >= 4 is 10.0 Å². The van der Waals surface area contributed by atoms with Crippen molar-refractivity contribution in [1.29, 1.82) is 0 Å². The van der Waals surface area contributed by atoms with Crippen LogP contribution in [0.15, 0.2) is 4.90 Å². The minimum Gasteiger partial charge on any atom is -0.381 e. The number of nitrogens with zero attached hydrogens (tertiary/aromatic N) is 4. The highest BCUT2D eigenvalue weighted by molar-refractivity contribution is 7.89. The van der Waals surface area contributed by atoms with E-state index >= 15 is 0 Å². The van der Waals surface area contributed by atoms with Gasteiger partial charge in [0.2, 0.25) is 15.8 Å². The molecular formula is C16H21F3N4O3S. The summed E-state index contributed by atoms with van der Waals surface area (Å²) >= 11 is 0. The van der Waals surface area contributed by atoms with Crippen LogP contribution in [-0.4, -0.2) is 73.5 Å². The summed E-state index contributed by atoms with van der Waals surface area (Å²) in [5.41, 5.74) is -0.376. The molecule has 0 N–H and O–H groups in total. The summed E-state index contributed by atoms with van der Waals surface area (Å²) in [6, 6.07) is 0. The van der Waals surface area contributed by atoms with Crippen LogP contribution < -0.4 is 0 Å². The molecule has 27 heavy (non-hydrogen) atoms. The summed E-state index contributed by atoms with van der Waals surface area (Å²) in [7, 11) is -3.90. The second-order valence-electron chi connectivity index (χ2n) is 7.89. The molecule has 0 radical (unpaired) electrons. The molecule has 4 rings (SSSR count). The van der Waals surface area contributed by atoms with Crippen molar-refractivity contribution in [3.8, 4) is 0 Å². The predicted molar refractivity (Wildman–Crippen MR) is 88.4 cm³/mol. The van der Waals surface area contributed by atoms with Gasteiger partial charge in [0.1, 0.15) is 4.90 Å². The molecule has 1 aromatic heterocycles. The van der Waals surface area contributed by atoms with E-state index in [0.29, 0.717) is 19.0 Å². The molecule has 3 aliphatic heterocycles. The van der Waals surface area contributed by atoms with E-state index in [4.69, 9.17) is 4.74 Å². The topological polar surface area (TPSA) is 75.6 Å². The predicted octanol–water partition coefficient (Wildman–Crippen LogP) is 1.06. The zero-order valence-corrected chi connectivity index (χ0v) is 15.9. The monoisotopic (exact) mass is 406 g/mol. The van der Waals surface area contributed by atoms with Crippen molar-refractivity contribution < 1.29 is 26.3 Å². The quantitative estimate of drug-likeness (QED) is 0.745. The maximum Gasteiger partial charge on any atom is 0.451 e. The first-order valence-electron chi connectivity index (χ1n) is 8.73. The Bertz CT molecular complexity index is 833. The smallest absolute Gasteiger partial charge is 0.381 e. The van der Waals surface area contributed by atoms with Crippen molar-refractivity contribution in [3.05, 3.63) is 17.2 Å². The van der Waals surface area contributed by atoms with Gasteiger partial charge >= 0.3 is 6.18 Å². The molecule has 0 unspecified atom stereocenters. The molecule has 0 atom stereocenters. The van der Waals surface area contributed by atoms with Crippen molar-refractivity contribution in [3.63, 3.8) is 0 Å². The van der Waals surface area contributed by atoms with E-state index in [9.17, 15) is 21.6 Å². The molecule has 1 spiro atoms. The largest absolute Gasteiger partial charge is 0.451 e. The standard InChI is InChI=1S/C16H21F3N4O3S/c1-10-13(11(2)21-14(20-10)16(17,18)19)27(24,25)23-8-15(9-23)6-22(7-15)3-12-4-26-5-12/h12H,3-9H2,1-2H3. The molecule has 4 heterocycles. The van der Waals surface area contributed by atoms with Gasteiger partial charge in [0, 0.05) is 44.1 Å². The minimum atomic E-state index is -4.71. The van der Waals surface area contributed by atoms with Crippen LogP contribution in [0, 0.1) is 25.2 Å². The van der Waals surface area contributed by atoms with Gasteiger partial charge in [-0.1, -0.05) is 0 Å². The van der Waals surface area contributed by atoms with Gasteiger partial charge in [-0.3, -0.25) is 0 Å². The zero-order valence-electron chi connectivity index (χ0n) is 15.1. The van der Waals surface area contributed by atoms with E-state index in [1.807, 2.05) is 0 Å². The fourth-order valence-corrected chi connectivity index (χ4v) is 6.18. The molecule has 0 amide bonds.